The molecule has 0 aromatic heterocycles. The fourth-order valence-electron chi connectivity index (χ4n) is 1.18. The van der Waals surface area contributed by atoms with Crippen molar-refractivity contribution in [2.75, 3.05) is 0 Å². The van der Waals surface area contributed by atoms with E-state index in [1.165, 1.54) is 32.1 Å². The standard InChI is InChI=1S/C10H21.C2H5.Mg/c1-4-7-8-9-10(5-2)6-3;1-2;/h9-10H,4-8H2,1-3H3;1H2,2H3;/q2*-1;+2. The molecule has 0 aromatic carbocycles. The van der Waals surface area contributed by atoms with Gasteiger partial charge in [0.1, 0.15) is 0 Å². The van der Waals surface area contributed by atoms with E-state index in [0.29, 0.717) is 0 Å². The maximum absolute atomic E-state index is 3.25. The largest absolute Gasteiger partial charge is 2.00 e. The van der Waals surface area contributed by atoms with Crippen LogP contribution < -0.4 is 0 Å². The maximum Gasteiger partial charge on any atom is 2.00 e. The van der Waals surface area contributed by atoms with E-state index < -0.39 is 0 Å². The van der Waals surface area contributed by atoms with Gasteiger partial charge < -0.3 is 13.3 Å². The Morgan fingerprint density at radius 2 is 1.54 bits per heavy atom. The van der Waals surface area contributed by atoms with Crippen LogP contribution in [0.3, 0.4) is 0 Å². The molecule has 0 aliphatic rings. The number of rotatable bonds is 6. The third-order valence-electron chi connectivity index (χ3n) is 2.11. The fraction of sp³-hybridized carbons (Fsp3) is 0.833. The number of hydrogen-bond acceptors (Lipinski definition) is 0. The van der Waals surface area contributed by atoms with Crippen molar-refractivity contribution < 1.29 is 0 Å². The molecule has 1 heteroatoms. The van der Waals surface area contributed by atoms with Crippen molar-refractivity contribution in [2.45, 2.75) is 59.8 Å². The van der Waals surface area contributed by atoms with Crippen LogP contribution in [-0.2, 0) is 0 Å². The monoisotopic (exact) mass is 194 g/mol. The van der Waals surface area contributed by atoms with Crippen LogP contribution in [-0.4, -0.2) is 23.1 Å². The molecule has 0 aromatic rings. The third-order valence-corrected chi connectivity index (χ3v) is 2.11. The first-order chi connectivity index (χ1) is 5.85. The minimum absolute atomic E-state index is 0. The normalized spacial score (nSPS) is 8.77. The van der Waals surface area contributed by atoms with Crippen LogP contribution in [0.25, 0.3) is 0 Å². The van der Waals surface area contributed by atoms with Gasteiger partial charge in [0.2, 0.25) is 0 Å². The first-order valence-corrected chi connectivity index (χ1v) is 5.39. The summed E-state index contributed by atoms with van der Waals surface area (Å²) in [4.78, 5) is 0. The van der Waals surface area contributed by atoms with E-state index in [9.17, 15) is 0 Å². The van der Waals surface area contributed by atoms with Gasteiger partial charge in [0.25, 0.3) is 0 Å². The first-order valence-electron chi connectivity index (χ1n) is 5.39. The first kappa shape index (κ1) is 19.4. The van der Waals surface area contributed by atoms with E-state index in [1.807, 2.05) is 0 Å². The molecule has 0 heterocycles. The van der Waals surface area contributed by atoms with Gasteiger partial charge in [-0.2, -0.15) is 19.3 Å². The average Bonchev–Trinajstić information content (AvgIpc) is 2.16. The van der Waals surface area contributed by atoms with E-state index in [0.717, 1.165) is 5.92 Å². The van der Waals surface area contributed by atoms with Crippen LogP contribution in [0.4, 0.5) is 0 Å². The molecule has 13 heavy (non-hydrogen) atoms. The summed E-state index contributed by atoms with van der Waals surface area (Å²) in [7, 11) is 0. The molecular weight excluding hydrogens is 168 g/mol. The third kappa shape index (κ3) is 15.5. The quantitative estimate of drug-likeness (QED) is 0.336. The van der Waals surface area contributed by atoms with Gasteiger partial charge in [-0.05, 0) is 0 Å². The molecule has 0 saturated carbocycles. The summed E-state index contributed by atoms with van der Waals surface area (Å²) in [5.41, 5.74) is 0. The van der Waals surface area contributed by atoms with Crippen molar-refractivity contribution in [1.82, 2.24) is 0 Å². The zero-order valence-corrected chi connectivity index (χ0v) is 11.5. The Bertz CT molecular complexity index is 58.1. The minimum Gasteiger partial charge on any atom is -0.346 e. The van der Waals surface area contributed by atoms with Gasteiger partial charge in [0.05, 0.1) is 0 Å². The predicted molar refractivity (Wildman–Crippen MR) is 64.7 cm³/mol. The van der Waals surface area contributed by atoms with E-state index >= 15 is 0 Å². The van der Waals surface area contributed by atoms with Gasteiger partial charge in [0.15, 0.2) is 0 Å². The Morgan fingerprint density at radius 3 is 1.85 bits per heavy atom. The molecular formula is C12H26Mg. The van der Waals surface area contributed by atoms with E-state index in [4.69, 9.17) is 0 Å². The van der Waals surface area contributed by atoms with Crippen molar-refractivity contribution in [1.29, 1.82) is 0 Å². The number of hydrogen-bond donors (Lipinski definition) is 0. The molecule has 0 aliphatic heterocycles. The van der Waals surface area contributed by atoms with Crippen molar-refractivity contribution in [2.24, 2.45) is 5.92 Å². The van der Waals surface area contributed by atoms with Crippen LogP contribution >= 0.6 is 0 Å². The van der Waals surface area contributed by atoms with E-state index in [-0.39, 0.29) is 23.1 Å². The molecule has 0 amide bonds. The van der Waals surface area contributed by atoms with Crippen LogP contribution in [0.5, 0.6) is 0 Å². The van der Waals surface area contributed by atoms with Crippen molar-refractivity contribution >= 4 is 23.1 Å². The molecule has 0 unspecified atom stereocenters. The summed E-state index contributed by atoms with van der Waals surface area (Å²) in [6, 6.07) is 0. The molecule has 0 bridgehead atoms. The topological polar surface area (TPSA) is 0 Å². The van der Waals surface area contributed by atoms with Crippen molar-refractivity contribution in [3.63, 3.8) is 0 Å². The molecule has 0 nitrogen and oxygen atoms in total. The van der Waals surface area contributed by atoms with Crippen LogP contribution in [0.2, 0.25) is 0 Å². The summed E-state index contributed by atoms with van der Waals surface area (Å²) in [6.07, 6.45) is 9.15. The maximum atomic E-state index is 3.25. The smallest absolute Gasteiger partial charge is 0.346 e. The molecule has 0 spiro atoms. The van der Waals surface area contributed by atoms with Gasteiger partial charge in [0, 0.05) is 0 Å². The molecule has 0 aliphatic carbocycles. The van der Waals surface area contributed by atoms with Gasteiger partial charge in [-0.25, -0.2) is 0 Å². The molecule has 0 N–H and O–H groups in total. The zero-order valence-electron chi connectivity index (χ0n) is 10.1. The Labute approximate surface area is 102 Å². The van der Waals surface area contributed by atoms with Gasteiger partial charge in [-0.15, -0.1) is 0 Å². The van der Waals surface area contributed by atoms with E-state index in [1.54, 1.807) is 6.92 Å². The second kappa shape index (κ2) is 18.5. The summed E-state index contributed by atoms with van der Waals surface area (Å²) >= 11 is 0. The molecule has 0 fully saturated rings. The summed E-state index contributed by atoms with van der Waals surface area (Å²) in [5, 5.41) is 0. The summed E-state index contributed by atoms with van der Waals surface area (Å²) < 4.78 is 0. The minimum atomic E-state index is 0. The van der Waals surface area contributed by atoms with Crippen molar-refractivity contribution in [3.8, 4) is 0 Å². The molecule has 0 saturated heterocycles. The Kier molecular flexibility index (Phi) is 27.6. The predicted octanol–water partition coefficient (Wildman–Crippen LogP) is 4.28. The van der Waals surface area contributed by atoms with Crippen LogP contribution in [0.15, 0.2) is 0 Å². The summed E-state index contributed by atoms with van der Waals surface area (Å²) in [6.45, 7) is 11.8. The second-order valence-corrected chi connectivity index (χ2v) is 2.95. The second-order valence-electron chi connectivity index (χ2n) is 2.95. The number of unbranched alkanes of at least 4 members (excludes halogenated alkanes) is 2. The zero-order chi connectivity index (χ0) is 9.82. The van der Waals surface area contributed by atoms with E-state index in [2.05, 4.69) is 34.1 Å². The molecule has 76 valence electrons. The summed E-state index contributed by atoms with van der Waals surface area (Å²) in [5.74, 6) is 0.881. The van der Waals surface area contributed by atoms with Crippen LogP contribution in [0, 0.1) is 19.3 Å². The van der Waals surface area contributed by atoms with Gasteiger partial charge >= 0.3 is 23.1 Å². The Hall–Kier alpha value is 0.766. The van der Waals surface area contributed by atoms with Gasteiger partial charge in [-0.1, -0.05) is 46.5 Å². The molecule has 0 radical (unpaired) electrons. The van der Waals surface area contributed by atoms with Crippen molar-refractivity contribution in [3.05, 3.63) is 13.3 Å². The molecule has 0 atom stereocenters. The molecule has 0 rings (SSSR count). The SMILES string of the molecule is CCCC[CH-]C(CC)CC.[CH2-]C.[Mg+2]. The Morgan fingerprint density at radius 1 is 1.08 bits per heavy atom. The average molecular weight is 195 g/mol. The van der Waals surface area contributed by atoms with Crippen LogP contribution in [0.1, 0.15) is 59.8 Å². The van der Waals surface area contributed by atoms with Gasteiger partial charge in [-0.3, -0.25) is 0 Å². The Balaban J connectivity index is -0.000000309. The fourth-order valence-corrected chi connectivity index (χ4v) is 1.18.